The first kappa shape index (κ1) is 21.5. The molecule has 1 amide bonds. The first-order valence-corrected chi connectivity index (χ1v) is 12.7. The molecule has 33 heavy (non-hydrogen) atoms. The Bertz CT molecular complexity index is 1440. The van der Waals surface area contributed by atoms with Crippen LogP contribution in [0.5, 0.6) is 0 Å². The average Bonchev–Trinajstić information content (AvgIpc) is 3.44. The summed E-state index contributed by atoms with van der Waals surface area (Å²) in [6.07, 6.45) is 5.42. The lowest BCUT2D eigenvalue weighted by Crippen LogP contribution is -2.41. The molecule has 3 aromatic heterocycles. The molecule has 1 saturated heterocycles. The van der Waals surface area contributed by atoms with Crippen molar-refractivity contribution in [2.45, 2.75) is 23.2 Å². The van der Waals surface area contributed by atoms with Gasteiger partial charge in [0.1, 0.15) is 16.1 Å². The number of rotatable bonds is 6. The topological polar surface area (TPSA) is 118 Å². The quantitative estimate of drug-likeness (QED) is 0.439. The predicted molar refractivity (Wildman–Crippen MR) is 128 cm³/mol. The zero-order valence-electron chi connectivity index (χ0n) is 17.5. The van der Waals surface area contributed by atoms with Crippen molar-refractivity contribution in [2.75, 3.05) is 12.3 Å². The van der Waals surface area contributed by atoms with Gasteiger partial charge in [-0.25, -0.2) is 13.4 Å². The fraction of sp³-hybridized carbons (Fsp3) is 0.174. The number of nitrogens with one attached hydrogen (secondary N) is 1. The zero-order chi connectivity index (χ0) is 23.0. The average molecular weight is 480 g/mol. The Hall–Kier alpha value is -3.34. The van der Waals surface area contributed by atoms with Gasteiger partial charge in [0.2, 0.25) is 5.91 Å². The minimum Gasteiger partial charge on any atom is -0.383 e. The summed E-state index contributed by atoms with van der Waals surface area (Å²) in [5.74, 6) is 0.205. The standard InChI is InChI=1S/C23H21N5O3S2/c24-22-18-12-15(3-4-16(18)7-10-26-22)14-28-11-8-19(23(28)29)27-33(30,31)21-6-5-20(32-21)17-2-1-9-25-13-17/h1-7,9-10,12-13,19,27H,8,11,14H2,(H2,24,26)/t19-/m0/s1. The minimum atomic E-state index is -3.82. The van der Waals surface area contributed by atoms with E-state index in [2.05, 4.69) is 14.7 Å². The second-order valence-corrected chi connectivity index (χ2v) is 10.9. The summed E-state index contributed by atoms with van der Waals surface area (Å²) in [4.78, 5) is 23.6. The number of likely N-dealkylation sites (tertiary alicyclic amines) is 1. The molecule has 3 N–H and O–H groups in total. The lowest BCUT2D eigenvalue weighted by Gasteiger charge is -2.17. The van der Waals surface area contributed by atoms with Crippen molar-refractivity contribution >= 4 is 43.9 Å². The molecule has 4 heterocycles. The molecule has 8 nitrogen and oxygen atoms in total. The molecule has 1 aliphatic rings. The SMILES string of the molecule is Nc1nccc2ccc(CN3CC[C@H](NS(=O)(=O)c4ccc(-c5cccnc5)s4)C3=O)cc12. The summed E-state index contributed by atoms with van der Waals surface area (Å²) in [6.45, 7) is 0.851. The number of nitrogens with zero attached hydrogens (tertiary/aromatic N) is 3. The van der Waals surface area contributed by atoms with Crippen molar-refractivity contribution in [1.82, 2.24) is 19.6 Å². The van der Waals surface area contributed by atoms with Crippen LogP contribution < -0.4 is 10.5 Å². The van der Waals surface area contributed by atoms with E-state index >= 15 is 0 Å². The van der Waals surface area contributed by atoms with E-state index in [9.17, 15) is 13.2 Å². The summed E-state index contributed by atoms with van der Waals surface area (Å²) in [6, 6.07) is 13.9. The number of benzene rings is 1. The second-order valence-electron chi connectivity index (χ2n) is 7.83. The molecule has 4 aromatic rings. The number of aromatic nitrogens is 2. The number of nitrogens with two attached hydrogens (primary N) is 1. The van der Waals surface area contributed by atoms with Crippen molar-refractivity contribution in [3.05, 3.63) is 72.7 Å². The van der Waals surface area contributed by atoms with E-state index in [0.717, 1.165) is 38.1 Å². The second kappa shape index (κ2) is 8.54. The summed E-state index contributed by atoms with van der Waals surface area (Å²) in [7, 11) is -3.82. The van der Waals surface area contributed by atoms with Gasteiger partial charge in [0, 0.05) is 47.5 Å². The first-order chi connectivity index (χ1) is 15.9. The van der Waals surface area contributed by atoms with E-state index in [0.29, 0.717) is 25.3 Å². The van der Waals surface area contributed by atoms with Gasteiger partial charge in [-0.05, 0) is 47.7 Å². The first-order valence-electron chi connectivity index (χ1n) is 10.4. The van der Waals surface area contributed by atoms with Crippen molar-refractivity contribution in [1.29, 1.82) is 0 Å². The highest BCUT2D eigenvalue weighted by molar-refractivity contribution is 7.91. The number of pyridine rings is 2. The largest absolute Gasteiger partial charge is 0.383 e. The molecular formula is C23H21N5O3S2. The van der Waals surface area contributed by atoms with Crippen LogP contribution in [0.1, 0.15) is 12.0 Å². The smallest absolute Gasteiger partial charge is 0.250 e. The molecule has 0 aliphatic carbocycles. The summed E-state index contributed by atoms with van der Waals surface area (Å²) < 4.78 is 28.6. The van der Waals surface area contributed by atoms with Gasteiger partial charge in [0.15, 0.2) is 0 Å². The summed E-state index contributed by atoms with van der Waals surface area (Å²) in [5.41, 5.74) is 7.74. The molecule has 10 heteroatoms. The lowest BCUT2D eigenvalue weighted by molar-refractivity contribution is -0.129. The summed E-state index contributed by atoms with van der Waals surface area (Å²) in [5, 5.41) is 1.81. The number of fused-ring (bicyclic) bond motifs is 1. The number of thiophene rings is 1. The van der Waals surface area contributed by atoms with Crippen LogP contribution in [0.15, 0.2) is 71.3 Å². The molecule has 0 saturated carbocycles. The van der Waals surface area contributed by atoms with Crippen LogP contribution in [0.25, 0.3) is 21.2 Å². The zero-order valence-corrected chi connectivity index (χ0v) is 19.1. The monoisotopic (exact) mass is 479 g/mol. The van der Waals surface area contributed by atoms with Crippen molar-refractivity contribution in [3.63, 3.8) is 0 Å². The third-order valence-electron chi connectivity index (χ3n) is 5.62. The number of nitrogen functional groups attached to an aromatic ring is 1. The molecule has 168 valence electrons. The predicted octanol–water partition coefficient (Wildman–Crippen LogP) is 3.02. The lowest BCUT2D eigenvalue weighted by atomic mass is 10.1. The molecule has 0 unspecified atom stereocenters. The van der Waals surface area contributed by atoms with Crippen molar-refractivity contribution in [3.8, 4) is 10.4 Å². The molecular weight excluding hydrogens is 458 g/mol. The van der Waals surface area contributed by atoms with Gasteiger partial charge in [0.25, 0.3) is 10.0 Å². The van der Waals surface area contributed by atoms with Gasteiger partial charge in [-0.2, -0.15) is 4.72 Å². The van der Waals surface area contributed by atoms with Gasteiger partial charge >= 0.3 is 0 Å². The molecule has 1 aliphatic heterocycles. The van der Waals surface area contributed by atoms with Crippen LogP contribution in [-0.2, 0) is 21.4 Å². The Morgan fingerprint density at radius 1 is 1.15 bits per heavy atom. The third kappa shape index (κ3) is 4.32. The van der Waals surface area contributed by atoms with Gasteiger partial charge in [-0.15, -0.1) is 11.3 Å². The molecule has 0 spiro atoms. The van der Waals surface area contributed by atoms with E-state index in [-0.39, 0.29) is 10.1 Å². The van der Waals surface area contributed by atoms with E-state index < -0.39 is 16.1 Å². The van der Waals surface area contributed by atoms with Crippen LogP contribution in [0, 0.1) is 0 Å². The van der Waals surface area contributed by atoms with E-state index in [1.807, 2.05) is 30.3 Å². The molecule has 1 aromatic carbocycles. The number of carbonyl (C=O) groups excluding carboxylic acids is 1. The van der Waals surface area contributed by atoms with Crippen LogP contribution in [-0.4, -0.2) is 41.8 Å². The Labute approximate surface area is 195 Å². The van der Waals surface area contributed by atoms with E-state index in [1.54, 1.807) is 41.7 Å². The Balaban J connectivity index is 1.28. The number of anilines is 1. The highest BCUT2D eigenvalue weighted by Crippen LogP contribution is 2.31. The third-order valence-corrected chi connectivity index (χ3v) is 8.72. The van der Waals surface area contributed by atoms with Gasteiger partial charge in [0.05, 0.1) is 0 Å². The Kier molecular flexibility index (Phi) is 5.57. The maximum Gasteiger partial charge on any atom is 0.250 e. The Morgan fingerprint density at radius 2 is 2.03 bits per heavy atom. The molecule has 1 fully saturated rings. The van der Waals surface area contributed by atoms with E-state index in [1.165, 1.54) is 0 Å². The van der Waals surface area contributed by atoms with Crippen LogP contribution in [0.4, 0.5) is 5.82 Å². The van der Waals surface area contributed by atoms with Crippen LogP contribution >= 0.6 is 11.3 Å². The number of carbonyl (C=O) groups is 1. The Morgan fingerprint density at radius 3 is 2.85 bits per heavy atom. The molecule has 0 bridgehead atoms. The fourth-order valence-electron chi connectivity index (χ4n) is 3.94. The summed E-state index contributed by atoms with van der Waals surface area (Å²) >= 11 is 1.15. The fourth-order valence-corrected chi connectivity index (χ4v) is 6.47. The maximum absolute atomic E-state index is 12.9. The van der Waals surface area contributed by atoms with E-state index in [4.69, 9.17) is 5.73 Å². The van der Waals surface area contributed by atoms with Crippen LogP contribution in [0.3, 0.4) is 0 Å². The van der Waals surface area contributed by atoms with Crippen LogP contribution in [0.2, 0.25) is 0 Å². The van der Waals surface area contributed by atoms with Gasteiger partial charge in [-0.3, -0.25) is 9.78 Å². The number of amides is 1. The highest BCUT2D eigenvalue weighted by atomic mass is 32.2. The maximum atomic E-state index is 12.9. The number of hydrogen-bond donors (Lipinski definition) is 2. The molecule has 1 atom stereocenters. The van der Waals surface area contributed by atoms with Crippen molar-refractivity contribution in [2.24, 2.45) is 0 Å². The minimum absolute atomic E-state index is 0.171. The highest BCUT2D eigenvalue weighted by Gasteiger charge is 2.35. The van der Waals surface area contributed by atoms with Gasteiger partial charge < -0.3 is 10.6 Å². The number of hydrogen-bond acceptors (Lipinski definition) is 7. The number of sulfonamides is 1. The molecule has 5 rings (SSSR count). The van der Waals surface area contributed by atoms with Crippen molar-refractivity contribution < 1.29 is 13.2 Å². The normalized spacial score (nSPS) is 16.5. The van der Waals surface area contributed by atoms with Gasteiger partial charge in [-0.1, -0.05) is 18.2 Å². The molecule has 0 radical (unpaired) electrons.